The lowest BCUT2D eigenvalue weighted by atomic mass is 10.1. The molecule has 0 radical (unpaired) electrons. The zero-order chi connectivity index (χ0) is 16.3. The fourth-order valence-corrected chi connectivity index (χ4v) is 5.41. The molecule has 0 aromatic carbocycles. The predicted molar refractivity (Wildman–Crippen MR) is 85.7 cm³/mol. The molecule has 0 unspecified atom stereocenters. The number of rotatable bonds is 5. The molecule has 1 fully saturated rings. The molecule has 0 saturated carbocycles. The van der Waals surface area contributed by atoms with Gasteiger partial charge in [0.05, 0.1) is 7.11 Å². The van der Waals surface area contributed by atoms with Gasteiger partial charge >= 0.3 is 5.97 Å². The third kappa shape index (κ3) is 3.34. The van der Waals surface area contributed by atoms with E-state index in [1.54, 1.807) is 12.4 Å². The van der Waals surface area contributed by atoms with Crippen LogP contribution in [0.1, 0.15) is 29.4 Å². The summed E-state index contributed by atoms with van der Waals surface area (Å²) in [6, 6.07) is 1.45. The van der Waals surface area contributed by atoms with Crippen molar-refractivity contribution in [2.75, 3.05) is 33.8 Å². The molecule has 1 aromatic rings. The molecule has 6 nitrogen and oxygen atoms in total. The van der Waals surface area contributed by atoms with Gasteiger partial charge in [-0.3, -0.25) is 0 Å². The lowest BCUT2D eigenvalue weighted by molar-refractivity contribution is 0.0602. The minimum Gasteiger partial charge on any atom is -0.465 e. The number of methoxy groups -OCH3 is 1. The van der Waals surface area contributed by atoms with E-state index >= 15 is 0 Å². The summed E-state index contributed by atoms with van der Waals surface area (Å²) < 4.78 is 31.7. The van der Waals surface area contributed by atoms with Gasteiger partial charge in [-0.05, 0) is 43.9 Å². The Hall–Kier alpha value is -0.960. The maximum absolute atomic E-state index is 12.8. The molecule has 1 aliphatic heterocycles. The fourth-order valence-electron chi connectivity index (χ4n) is 2.69. The van der Waals surface area contributed by atoms with Gasteiger partial charge in [0.1, 0.15) is 9.77 Å². The van der Waals surface area contributed by atoms with Crippen LogP contribution in [0.2, 0.25) is 0 Å². The zero-order valence-corrected chi connectivity index (χ0v) is 14.7. The van der Waals surface area contributed by atoms with Crippen LogP contribution >= 0.6 is 11.3 Å². The third-order valence-corrected chi connectivity index (χ3v) is 7.15. The topological polar surface area (TPSA) is 66.9 Å². The van der Waals surface area contributed by atoms with Crippen LogP contribution in [0.3, 0.4) is 0 Å². The van der Waals surface area contributed by atoms with Crippen molar-refractivity contribution in [1.82, 2.24) is 9.21 Å². The number of esters is 1. The Balaban J connectivity index is 2.20. The number of nitrogens with zero attached hydrogens (tertiary/aromatic N) is 2. The Kier molecular flexibility index (Phi) is 5.60. The highest BCUT2D eigenvalue weighted by Crippen LogP contribution is 2.28. The molecule has 124 valence electrons. The first-order valence-electron chi connectivity index (χ1n) is 7.28. The lowest BCUT2D eigenvalue weighted by Gasteiger charge is -2.35. The minimum absolute atomic E-state index is 0.0294. The minimum atomic E-state index is -3.68. The smallest absolute Gasteiger partial charge is 0.349 e. The molecule has 1 aliphatic rings. The highest BCUT2D eigenvalue weighted by Gasteiger charge is 2.34. The maximum atomic E-state index is 12.8. The van der Waals surface area contributed by atoms with Crippen molar-refractivity contribution in [3.63, 3.8) is 0 Å². The monoisotopic (exact) mass is 346 g/mol. The number of hydrogen-bond acceptors (Lipinski definition) is 6. The summed E-state index contributed by atoms with van der Waals surface area (Å²) in [6.07, 6.45) is 1.61. The Bertz CT molecular complexity index is 619. The summed E-state index contributed by atoms with van der Waals surface area (Å²) in [7, 11) is -0.831. The van der Waals surface area contributed by atoms with Crippen molar-refractivity contribution in [2.24, 2.45) is 0 Å². The molecule has 0 aliphatic carbocycles. The SMILES string of the molecule is CCN1CCC(N(C)S(=O)(=O)c2ccsc2C(=O)OC)CC1. The van der Waals surface area contributed by atoms with E-state index in [0.29, 0.717) is 0 Å². The maximum Gasteiger partial charge on any atom is 0.349 e. The molecule has 0 spiro atoms. The second kappa shape index (κ2) is 7.08. The number of sulfonamides is 1. The first-order valence-corrected chi connectivity index (χ1v) is 9.60. The van der Waals surface area contributed by atoms with Gasteiger partial charge in [0, 0.05) is 13.1 Å². The third-order valence-electron chi connectivity index (χ3n) is 4.18. The number of likely N-dealkylation sites (tertiary alicyclic amines) is 1. The van der Waals surface area contributed by atoms with Gasteiger partial charge in [0.2, 0.25) is 10.0 Å². The van der Waals surface area contributed by atoms with Crippen LogP contribution in [0.4, 0.5) is 0 Å². The van der Waals surface area contributed by atoms with Gasteiger partial charge in [-0.2, -0.15) is 4.31 Å². The highest BCUT2D eigenvalue weighted by atomic mass is 32.2. The number of hydrogen-bond donors (Lipinski definition) is 0. The van der Waals surface area contributed by atoms with E-state index in [2.05, 4.69) is 16.6 Å². The second-order valence-corrected chi connectivity index (χ2v) is 8.17. The molecule has 8 heteroatoms. The van der Waals surface area contributed by atoms with Gasteiger partial charge in [-0.1, -0.05) is 6.92 Å². The summed E-state index contributed by atoms with van der Waals surface area (Å²) in [4.78, 5) is 14.2. The highest BCUT2D eigenvalue weighted by molar-refractivity contribution is 7.89. The van der Waals surface area contributed by atoms with Gasteiger partial charge in [-0.25, -0.2) is 13.2 Å². The Morgan fingerprint density at radius 2 is 2.09 bits per heavy atom. The van der Waals surface area contributed by atoms with Gasteiger partial charge in [0.15, 0.2) is 0 Å². The average Bonchev–Trinajstić information content (AvgIpc) is 3.04. The quantitative estimate of drug-likeness (QED) is 0.758. The van der Waals surface area contributed by atoms with Crippen molar-refractivity contribution in [3.8, 4) is 0 Å². The van der Waals surface area contributed by atoms with Crippen molar-refractivity contribution < 1.29 is 17.9 Å². The molecular formula is C14H22N2O4S2. The van der Waals surface area contributed by atoms with Gasteiger partial charge in [-0.15, -0.1) is 11.3 Å². The molecule has 2 heterocycles. The first kappa shape index (κ1) is 17.4. The van der Waals surface area contributed by atoms with Crippen molar-refractivity contribution in [3.05, 3.63) is 16.3 Å². The van der Waals surface area contributed by atoms with E-state index in [9.17, 15) is 13.2 Å². The van der Waals surface area contributed by atoms with Crippen LogP contribution in [0, 0.1) is 0 Å². The summed E-state index contributed by atoms with van der Waals surface area (Å²) in [5.74, 6) is -0.609. The summed E-state index contributed by atoms with van der Waals surface area (Å²) in [6.45, 7) is 4.89. The van der Waals surface area contributed by atoms with Crippen molar-refractivity contribution in [2.45, 2.75) is 30.7 Å². The van der Waals surface area contributed by atoms with E-state index in [4.69, 9.17) is 0 Å². The summed E-state index contributed by atoms with van der Waals surface area (Å²) >= 11 is 1.09. The average molecular weight is 346 g/mol. The number of thiophene rings is 1. The molecular weight excluding hydrogens is 324 g/mol. The number of ether oxygens (including phenoxy) is 1. The second-order valence-electron chi connectivity index (χ2n) is 5.29. The largest absolute Gasteiger partial charge is 0.465 e. The number of piperidine rings is 1. The van der Waals surface area contributed by atoms with E-state index in [1.165, 1.54) is 17.5 Å². The Morgan fingerprint density at radius 1 is 1.45 bits per heavy atom. The number of carbonyl (C=O) groups excluding carboxylic acids is 1. The summed E-state index contributed by atoms with van der Waals surface area (Å²) in [5.41, 5.74) is 0. The van der Waals surface area contributed by atoms with Crippen LogP contribution in [-0.4, -0.2) is 63.4 Å². The molecule has 0 bridgehead atoms. The molecule has 0 amide bonds. The molecule has 22 heavy (non-hydrogen) atoms. The van der Waals surface area contributed by atoms with Crippen LogP contribution in [-0.2, 0) is 14.8 Å². The first-order chi connectivity index (χ1) is 10.4. The van der Waals surface area contributed by atoms with Crippen molar-refractivity contribution >= 4 is 27.3 Å². The zero-order valence-electron chi connectivity index (χ0n) is 13.1. The van der Waals surface area contributed by atoms with Crippen LogP contribution in [0.25, 0.3) is 0 Å². The van der Waals surface area contributed by atoms with Gasteiger partial charge in [0.25, 0.3) is 0 Å². The number of carbonyl (C=O) groups is 1. The molecule has 1 saturated heterocycles. The molecule has 0 N–H and O–H groups in total. The lowest BCUT2D eigenvalue weighted by Crippen LogP contribution is -2.45. The van der Waals surface area contributed by atoms with E-state index < -0.39 is 16.0 Å². The van der Waals surface area contributed by atoms with Gasteiger partial charge < -0.3 is 9.64 Å². The standard InChI is InChI=1S/C14H22N2O4S2/c1-4-16-8-5-11(6-9-16)15(2)22(18,19)12-7-10-21-13(12)14(17)20-3/h7,10-11H,4-6,8-9H2,1-3H3. The normalized spacial score (nSPS) is 17.8. The predicted octanol–water partition coefficient (Wildman–Crippen LogP) is 1.64. The Labute approximate surface area is 135 Å². The molecule has 0 atom stereocenters. The van der Waals surface area contributed by atoms with Crippen LogP contribution in [0.15, 0.2) is 16.3 Å². The fraction of sp³-hybridized carbons (Fsp3) is 0.643. The Morgan fingerprint density at radius 3 is 2.64 bits per heavy atom. The van der Waals surface area contributed by atoms with Crippen molar-refractivity contribution in [1.29, 1.82) is 0 Å². The van der Waals surface area contributed by atoms with Crippen LogP contribution in [0.5, 0.6) is 0 Å². The molecule has 2 rings (SSSR count). The molecule has 1 aromatic heterocycles. The summed E-state index contributed by atoms with van der Waals surface area (Å²) in [5, 5.41) is 1.60. The van der Waals surface area contributed by atoms with Crippen LogP contribution < -0.4 is 0 Å². The van der Waals surface area contributed by atoms with E-state index in [-0.39, 0.29) is 15.8 Å². The van der Waals surface area contributed by atoms with E-state index in [1.807, 2.05) is 0 Å². The van der Waals surface area contributed by atoms with E-state index in [0.717, 1.165) is 43.8 Å².